The lowest BCUT2D eigenvalue weighted by atomic mass is 9.96. The molecule has 2 amide bonds. The second kappa shape index (κ2) is 8.65. The van der Waals surface area contributed by atoms with Crippen molar-refractivity contribution in [2.45, 2.75) is 32.6 Å². The van der Waals surface area contributed by atoms with Gasteiger partial charge < -0.3 is 10.2 Å². The van der Waals surface area contributed by atoms with Gasteiger partial charge in [0.2, 0.25) is 11.8 Å². The Balaban J connectivity index is 1.52. The SMILES string of the molecule is CCNC(=O)C1CCCN(C(=O)CCc2cnn(-c3ccccc3)c2)C1. The second-order valence-electron chi connectivity index (χ2n) is 6.70. The number of amides is 2. The fourth-order valence-electron chi connectivity index (χ4n) is 3.36. The van der Waals surface area contributed by atoms with Crippen LogP contribution >= 0.6 is 0 Å². The van der Waals surface area contributed by atoms with Crippen LogP contribution in [0.5, 0.6) is 0 Å². The van der Waals surface area contributed by atoms with Crippen LogP contribution in [0.15, 0.2) is 42.7 Å². The van der Waals surface area contributed by atoms with Crippen LogP contribution in [-0.4, -0.2) is 46.1 Å². The number of para-hydroxylation sites is 1. The number of carbonyl (C=O) groups is 2. The van der Waals surface area contributed by atoms with E-state index < -0.39 is 0 Å². The largest absolute Gasteiger partial charge is 0.356 e. The Morgan fingerprint density at radius 2 is 2.08 bits per heavy atom. The minimum absolute atomic E-state index is 0.0640. The van der Waals surface area contributed by atoms with Gasteiger partial charge in [0.25, 0.3) is 0 Å². The summed E-state index contributed by atoms with van der Waals surface area (Å²) < 4.78 is 1.83. The molecule has 2 aromatic rings. The van der Waals surface area contributed by atoms with Crippen molar-refractivity contribution in [1.82, 2.24) is 20.0 Å². The van der Waals surface area contributed by atoms with Gasteiger partial charge in [0.15, 0.2) is 0 Å². The molecule has 1 aromatic heterocycles. The first-order chi connectivity index (χ1) is 12.7. The Morgan fingerprint density at radius 3 is 2.85 bits per heavy atom. The molecule has 0 spiro atoms. The fourth-order valence-corrected chi connectivity index (χ4v) is 3.36. The molecule has 6 heteroatoms. The number of nitrogens with one attached hydrogen (secondary N) is 1. The standard InChI is InChI=1S/C20H26N4O2/c1-2-21-20(26)17-7-6-12-23(15-17)19(25)11-10-16-13-22-24(14-16)18-8-4-3-5-9-18/h3-5,8-9,13-14,17H,2,6-7,10-12,15H2,1H3,(H,21,26). The molecule has 1 atom stereocenters. The Kier molecular flexibility index (Phi) is 6.04. The van der Waals surface area contributed by atoms with Gasteiger partial charge in [0, 0.05) is 32.3 Å². The highest BCUT2D eigenvalue weighted by atomic mass is 16.2. The smallest absolute Gasteiger partial charge is 0.224 e. The first-order valence-corrected chi connectivity index (χ1v) is 9.32. The highest BCUT2D eigenvalue weighted by Gasteiger charge is 2.27. The molecule has 1 aromatic carbocycles. The molecule has 0 saturated carbocycles. The zero-order chi connectivity index (χ0) is 18.4. The van der Waals surface area contributed by atoms with E-state index in [-0.39, 0.29) is 17.7 Å². The van der Waals surface area contributed by atoms with Crippen LogP contribution in [0.3, 0.4) is 0 Å². The second-order valence-corrected chi connectivity index (χ2v) is 6.70. The van der Waals surface area contributed by atoms with Gasteiger partial charge in [-0.3, -0.25) is 9.59 Å². The van der Waals surface area contributed by atoms with Gasteiger partial charge in [-0.05, 0) is 43.9 Å². The van der Waals surface area contributed by atoms with Gasteiger partial charge in [-0.15, -0.1) is 0 Å². The number of likely N-dealkylation sites (tertiary alicyclic amines) is 1. The van der Waals surface area contributed by atoms with Gasteiger partial charge in [-0.2, -0.15) is 5.10 Å². The average molecular weight is 354 g/mol. The maximum absolute atomic E-state index is 12.5. The Bertz CT molecular complexity index is 741. The number of aryl methyl sites for hydroxylation is 1. The third-order valence-electron chi connectivity index (χ3n) is 4.78. The third kappa shape index (κ3) is 4.50. The summed E-state index contributed by atoms with van der Waals surface area (Å²) in [5.41, 5.74) is 2.05. The lowest BCUT2D eigenvalue weighted by molar-refractivity contribution is -0.135. The molecule has 1 aliphatic heterocycles. The molecule has 6 nitrogen and oxygen atoms in total. The number of nitrogens with zero attached hydrogens (tertiary/aromatic N) is 3. The van der Waals surface area contributed by atoms with Gasteiger partial charge in [-0.25, -0.2) is 4.68 Å². The summed E-state index contributed by atoms with van der Waals surface area (Å²) in [6.45, 7) is 3.83. The Hall–Kier alpha value is -2.63. The molecule has 1 aliphatic rings. The van der Waals surface area contributed by atoms with E-state index in [0.717, 1.165) is 30.6 Å². The van der Waals surface area contributed by atoms with Crippen LogP contribution in [0.1, 0.15) is 31.7 Å². The first-order valence-electron chi connectivity index (χ1n) is 9.32. The summed E-state index contributed by atoms with van der Waals surface area (Å²) in [7, 11) is 0. The summed E-state index contributed by atoms with van der Waals surface area (Å²) in [5, 5.41) is 7.23. The van der Waals surface area contributed by atoms with E-state index in [1.54, 1.807) is 0 Å². The number of piperidine rings is 1. The summed E-state index contributed by atoms with van der Waals surface area (Å²) in [6, 6.07) is 9.91. The van der Waals surface area contributed by atoms with Crippen molar-refractivity contribution >= 4 is 11.8 Å². The maximum Gasteiger partial charge on any atom is 0.224 e. The normalized spacial score (nSPS) is 17.1. The highest BCUT2D eigenvalue weighted by Crippen LogP contribution is 2.18. The van der Waals surface area contributed by atoms with Crippen LogP contribution in [0, 0.1) is 5.92 Å². The van der Waals surface area contributed by atoms with Gasteiger partial charge >= 0.3 is 0 Å². The van der Waals surface area contributed by atoms with E-state index in [1.807, 2.05) is 59.2 Å². The van der Waals surface area contributed by atoms with E-state index in [4.69, 9.17) is 0 Å². The van der Waals surface area contributed by atoms with Crippen molar-refractivity contribution in [1.29, 1.82) is 0 Å². The van der Waals surface area contributed by atoms with Crippen LogP contribution in [-0.2, 0) is 16.0 Å². The molecule has 1 N–H and O–H groups in total. The number of benzene rings is 1. The summed E-state index contributed by atoms with van der Waals surface area (Å²) in [4.78, 5) is 26.4. The average Bonchev–Trinajstić information content (AvgIpc) is 3.16. The monoisotopic (exact) mass is 354 g/mol. The quantitative estimate of drug-likeness (QED) is 0.865. The summed E-state index contributed by atoms with van der Waals surface area (Å²) in [5.74, 6) is 0.106. The van der Waals surface area contributed by atoms with Crippen LogP contribution in [0.4, 0.5) is 0 Å². The predicted octanol–water partition coefficient (Wildman–Crippen LogP) is 2.18. The van der Waals surface area contributed by atoms with Crippen molar-refractivity contribution in [2.24, 2.45) is 5.92 Å². The van der Waals surface area contributed by atoms with Gasteiger partial charge in [0.1, 0.15) is 0 Å². The molecule has 1 saturated heterocycles. The molecule has 0 bridgehead atoms. The molecule has 2 heterocycles. The highest BCUT2D eigenvalue weighted by molar-refractivity contribution is 5.81. The van der Waals surface area contributed by atoms with Crippen LogP contribution in [0.2, 0.25) is 0 Å². The molecule has 1 unspecified atom stereocenters. The van der Waals surface area contributed by atoms with E-state index in [9.17, 15) is 9.59 Å². The molecule has 3 rings (SSSR count). The molecule has 1 fully saturated rings. The first kappa shape index (κ1) is 18.2. The van der Waals surface area contributed by atoms with Crippen molar-refractivity contribution in [3.63, 3.8) is 0 Å². The van der Waals surface area contributed by atoms with Crippen molar-refractivity contribution in [2.75, 3.05) is 19.6 Å². The number of rotatable bonds is 6. The summed E-state index contributed by atoms with van der Waals surface area (Å²) in [6.07, 6.45) is 6.64. The fraction of sp³-hybridized carbons (Fsp3) is 0.450. The zero-order valence-electron chi connectivity index (χ0n) is 15.2. The number of hydrogen-bond acceptors (Lipinski definition) is 3. The van der Waals surface area contributed by atoms with Gasteiger partial charge in [-0.1, -0.05) is 18.2 Å². The minimum Gasteiger partial charge on any atom is -0.356 e. The number of hydrogen-bond donors (Lipinski definition) is 1. The van der Waals surface area contributed by atoms with E-state index in [0.29, 0.717) is 25.9 Å². The number of aromatic nitrogens is 2. The third-order valence-corrected chi connectivity index (χ3v) is 4.78. The number of carbonyl (C=O) groups excluding carboxylic acids is 2. The molecule has 26 heavy (non-hydrogen) atoms. The summed E-state index contributed by atoms with van der Waals surface area (Å²) >= 11 is 0. The molecular formula is C20H26N4O2. The van der Waals surface area contributed by atoms with E-state index in [1.165, 1.54) is 0 Å². The predicted molar refractivity (Wildman–Crippen MR) is 99.9 cm³/mol. The Labute approximate surface area is 154 Å². The Morgan fingerprint density at radius 1 is 1.27 bits per heavy atom. The molecule has 138 valence electrons. The lowest BCUT2D eigenvalue weighted by Crippen LogP contribution is -2.45. The zero-order valence-corrected chi connectivity index (χ0v) is 15.2. The van der Waals surface area contributed by atoms with Crippen molar-refractivity contribution in [3.05, 3.63) is 48.3 Å². The van der Waals surface area contributed by atoms with Crippen LogP contribution < -0.4 is 5.32 Å². The van der Waals surface area contributed by atoms with E-state index in [2.05, 4.69) is 10.4 Å². The topological polar surface area (TPSA) is 67.2 Å². The van der Waals surface area contributed by atoms with Gasteiger partial charge in [0.05, 0.1) is 17.8 Å². The molecule has 0 aliphatic carbocycles. The maximum atomic E-state index is 12.5. The minimum atomic E-state index is -0.0755. The van der Waals surface area contributed by atoms with Crippen LogP contribution in [0.25, 0.3) is 5.69 Å². The molecular weight excluding hydrogens is 328 g/mol. The van der Waals surface area contributed by atoms with E-state index >= 15 is 0 Å². The van der Waals surface area contributed by atoms with Crippen molar-refractivity contribution in [3.8, 4) is 5.69 Å². The molecule has 0 radical (unpaired) electrons. The lowest BCUT2D eigenvalue weighted by Gasteiger charge is -2.32. The van der Waals surface area contributed by atoms with Crippen molar-refractivity contribution < 1.29 is 9.59 Å².